The van der Waals surface area contributed by atoms with E-state index in [0.29, 0.717) is 19.1 Å². The molecule has 0 aliphatic heterocycles. The molecule has 0 bridgehead atoms. The highest BCUT2D eigenvalue weighted by molar-refractivity contribution is 14.0. The van der Waals surface area contributed by atoms with Crippen LogP contribution in [0.25, 0.3) is 0 Å². The fourth-order valence-corrected chi connectivity index (χ4v) is 2.46. The van der Waals surface area contributed by atoms with Crippen molar-refractivity contribution in [2.75, 3.05) is 39.9 Å². The Hall–Kier alpha value is -1.71. The number of rotatable bonds is 12. The summed E-state index contributed by atoms with van der Waals surface area (Å²) in [5.74, 6) is 2.13. The van der Waals surface area contributed by atoms with Gasteiger partial charge in [0.2, 0.25) is 5.91 Å². The van der Waals surface area contributed by atoms with Crippen molar-refractivity contribution < 1.29 is 14.3 Å². The van der Waals surface area contributed by atoms with E-state index >= 15 is 0 Å². The van der Waals surface area contributed by atoms with Crippen LogP contribution in [0.5, 0.6) is 11.5 Å². The van der Waals surface area contributed by atoms with Crippen molar-refractivity contribution in [2.45, 2.75) is 40.0 Å². The predicted molar refractivity (Wildman–Crippen MR) is 125 cm³/mol. The molecular weight excluding hydrogens is 471 g/mol. The zero-order valence-electron chi connectivity index (χ0n) is 17.5. The van der Waals surface area contributed by atoms with Crippen LogP contribution in [0.4, 0.5) is 0 Å². The first-order valence-electron chi connectivity index (χ1n) is 9.73. The van der Waals surface area contributed by atoms with Crippen molar-refractivity contribution in [1.29, 1.82) is 0 Å². The number of carbonyl (C=O) groups excluding carboxylic acids is 1. The van der Waals surface area contributed by atoms with Gasteiger partial charge in [0.25, 0.3) is 0 Å². The molecule has 0 saturated heterocycles. The number of hydrogen-bond acceptors (Lipinski definition) is 4. The van der Waals surface area contributed by atoms with Gasteiger partial charge in [-0.2, -0.15) is 0 Å². The minimum atomic E-state index is -0.0595. The molecule has 1 aromatic carbocycles. The number of nitrogens with one attached hydrogen (secondary N) is 3. The van der Waals surface area contributed by atoms with Crippen LogP contribution in [-0.4, -0.2) is 51.8 Å². The topological polar surface area (TPSA) is 84.0 Å². The Morgan fingerprint density at radius 3 is 2.50 bits per heavy atom. The van der Waals surface area contributed by atoms with Crippen LogP contribution >= 0.6 is 24.0 Å². The van der Waals surface area contributed by atoms with Crippen molar-refractivity contribution in [3.05, 3.63) is 23.8 Å². The van der Waals surface area contributed by atoms with Gasteiger partial charge in [0.15, 0.2) is 17.5 Å². The molecule has 0 saturated carbocycles. The van der Waals surface area contributed by atoms with E-state index in [1.54, 1.807) is 7.11 Å². The summed E-state index contributed by atoms with van der Waals surface area (Å²) in [7, 11) is 1.64. The van der Waals surface area contributed by atoms with Gasteiger partial charge in [0, 0.05) is 19.6 Å². The summed E-state index contributed by atoms with van der Waals surface area (Å²) in [5.41, 5.74) is 1.20. The smallest absolute Gasteiger partial charge is 0.241 e. The van der Waals surface area contributed by atoms with Crippen molar-refractivity contribution in [3.8, 4) is 11.5 Å². The van der Waals surface area contributed by atoms with Crippen molar-refractivity contribution in [3.63, 3.8) is 0 Å². The van der Waals surface area contributed by atoms with E-state index in [1.165, 1.54) is 5.56 Å². The summed E-state index contributed by atoms with van der Waals surface area (Å²) in [6, 6.07) is 6.02. The summed E-state index contributed by atoms with van der Waals surface area (Å²) in [4.78, 5) is 16.0. The van der Waals surface area contributed by atoms with Gasteiger partial charge in [0.05, 0.1) is 13.7 Å². The molecule has 160 valence electrons. The minimum absolute atomic E-state index is 0. The first-order chi connectivity index (χ1) is 13.1. The lowest BCUT2D eigenvalue weighted by atomic mass is 10.1. The number of aryl methyl sites for hydroxylation is 1. The van der Waals surface area contributed by atoms with Gasteiger partial charge in [-0.1, -0.05) is 13.0 Å². The fourth-order valence-electron chi connectivity index (χ4n) is 2.46. The van der Waals surface area contributed by atoms with Crippen molar-refractivity contribution in [1.82, 2.24) is 16.0 Å². The molecule has 1 aromatic rings. The highest BCUT2D eigenvalue weighted by Crippen LogP contribution is 2.28. The van der Waals surface area contributed by atoms with Crippen molar-refractivity contribution in [2.24, 2.45) is 4.99 Å². The number of hydrogen-bond donors (Lipinski definition) is 3. The summed E-state index contributed by atoms with van der Waals surface area (Å²) in [5, 5.41) is 9.24. The Morgan fingerprint density at radius 1 is 1.07 bits per heavy atom. The number of halogens is 1. The van der Waals surface area contributed by atoms with E-state index in [9.17, 15) is 4.79 Å². The normalized spacial score (nSPS) is 10.6. The second-order valence-electron chi connectivity index (χ2n) is 5.99. The third kappa shape index (κ3) is 10.6. The standard InChI is InChI=1S/C20H34N4O3.HI/c1-5-12-22-19(25)15-24-20(21-6-2)23-13-8-9-16-10-11-17(26-4)18(14-16)27-7-3;/h10-11,14H,5-9,12-13,15H2,1-4H3,(H,22,25)(H2,21,23,24);1H. The van der Waals surface area contributed by atoms with Gasteiger partial charge in [-0.25, -0.2) is 4.99 Å². The Bertz CT molecular complexity index is 597. The van der Waals surface area contributed by atoms with E-state index in [0.717, 1.165) is 43.9 Å². The van der Waals surface area contributed by atoms with Gasteiger partial charge in [-0.05, 0) is 50.8 Å². The average molecular weight is 506 g/mol. The second-order valence-corrected chi connectivity index (χ2v) is 5.99. The summed E-state index contributed by atoms with van der Waals surface area (Å²) < 4.78 is 10.9. The van der Waals surface area contributed by atoms with Crippen LogP contribution in [0.3, 0.4) is 0 Å². The number of amides is 1. The molecule has 0 spiro atoms. The molecule has 28 heavy (non-hydrogen) atoms. The lowest BCUT2D eigenvalue weighted by molar-refractivity contribution is -0.119. The molecule has 1 rings (SSSR count). The molecule has 3 N–H and O–H groups in total. The SMILES string of the molecule is CCCNC(=O)CN=C(NCC)NCCCc1ccc(OC)c(OCC)c1.I. The molecule has 0 unspecified atom stereocenters. The predicted octanol–water partition coefficient (Wildman–Crippen LogP) is 2.73. The molecule has 0 radical (unpaired) electrons. The lowest BCUT2D eigenvalue weighted by Gasteiger charge is -2.13. The molecule has 8 heteroatoms. The highest BCUT2D eigenvalue weighted by atomic mass is 127. The number of guanidine groups is 1. The van der Waals surface area contributed by atoms with Crippen LogP contribution < -0.4 is 25.4 Å². The molecule has 0 fully saturated rings. The number of ether oxygens (including phenoxy) is 2. The molecule has 1 amide bonds. The molecule has 0 aliphatic rings. The minimum Gasteiger partial charge on any atom is -0.493 e. The largest absolute Gasteiger partial charge is 0.493 e. The van der Waals surface area contributed by atoms with Gasteiger partial charge in [-0.15, -0.1) is 24.0 Å². The highest BCUT2D eigenvalue weighted by Gasteiger charge is 2.06. The first kappa shape index (κ1) is 26.3. The fraction of sp³-hybridized carbons (Fsp3) is 0.600. The Labute approximate surface area is 186 Å². The van der Waals surface area contributed by atoms with Crippen LogP contribution in [-0.2, 0) is 11.2 Å². The molecule has 0 aromatic heterocycles. The van der Waals surface area contributed by atoms with Crippen LogP contribution in [0.2, 0.25) is 0 Å². The van der Waals surface area contributed by atoms with E-state index in [1.807, 2.05) is 32.9 Å². The maximum absolute atomic E-state index is 11.7. The van der Waals surface area contributed by atoms with E-state index in [2.05, 4.69) is 27.0 Å². The monoisotopic (exact) mass is 506 g/mol. The summed E-state index contributed by atoms with van der Waals surface area (Å²) in [6.45, 7) is 8.92. The third-order valence-electron chi connectivity index (χ3n) is 3.76. The zero-order valence-corrected chi connectivity index (χ0v) is 19.8. The Balaban J connectivity index is 0.00000729. The molecule has 0 atom stereocenters. The van der Waals surface area contributed by atoms with Crippen LogP contribution in [0.15, 0.2) is 23.2 Å². The van der Waals surface area contributed by atoms with Gasteiger partial charge >= 0.3 is 0 Å². The molecular formula is C20H35IN4O3. The van der Waals surface area contributed by atoms with Crippen LogP contribution in [0.1, 0.15) is 39.2 Å². The van der Waals surface area contributed by atoms with Gasteiger partial charge < -0.3 is 25.4 Å². The average Bonchev–Trinajstić information content (AvgIpc) is 2.68. The number of methoxy groups -OCH3 is 1. The molecule has 0 heterocycles. The van der Waals surface area contributed by atoms with Crippen molar-refractivity contribution >= 4 is 35.8 Å². The molecule has 7 nitrogen and oxygen atoms in total. The van der Waals surface area contributed by atoms with Crippen LogP contribution in [0, 0.1) is 0 Å². The maximum Gasteiger partial charge on any atom is 0.241 e. The number of carbonyl (C=O) groups is 1. The third-order valence-corrected chi connectivity index (χ3v) is 3.76. The van der Waals surface area contributed by atoms with Gasteiger partial charge in [0.1, 0.15) is 6.54 Å². The Kier molecular flexibility index (Phi) is 15.3. The first-order valence-corrected chi connectivity index (χ1v) is 9.73. The second kappa shape index (κ2) is 16.3. The van der Waals surface area contributed by atoms with E-state index < -0.39 is 0 Å². The maximum atomic E-state index is 11.7. The number of benzene rings is 1. The summed E-state index contributed by atoms with van der Waals surface area (Å²) in [6.07, 6.45) is 2.77. The van der Waals surface area contributed by atoms with E-state index in [-0.39, 0.29) is 36.4 Å². The summed E-state index contributed by atoms with van der Waals surface area (Å²) >= 11 is 0. The van der Waals surface area contributed by atoms with E-state index in [4.69, 9.17) is 9.47 Å². The number of nitrogens with zero attached hydrogens (tertiary/aromatic N) is 1. The van der Waals surface area contributed by atoms with Gasteiger partial charge in [-0.3, -0.25) is 4.79 Å². The Morgan fingerprint density at radius 2 is 1.86 bits per heavy atom. The zero-order chi connectivity index (χ0) is 19.9. The quantitative estimate of drug-likeness (QED) is 0.176. The number of aliphatic imine (C=N–C) groups is 1. The molecule has 0 aliphatic carbocycles. The lowest BCUT2D eigenvalue weighted by Crippen LogP contribution is -2.39.